The number of sulfonamides is 1. The molecule has 0 unspecified atom stereocenters. The zero-order chi connectivity index (χ0) is 15.2. The Balaban J connectivity index is 2.62. The van der Waals surface area contributed by atoms with Crippen molar-refractivity contribution in [1.82, 2.24) is 15.0 Å². The van der Waals surface area contributed by atoms with Gasteiger partial charge in [0.1, 0.15) is 5.82 Å². The van der Waals surface area contributed by atoms with Crippen LogP contribution < -0.4 is 15.4 Å². The lowest BCUT2D eigenvalue weighted by molar-refractivity contribution is 0.0956. The van der Waals surface area contributed by atoms with Crippen molar-refractivity contribution in [2.24, 2.45) is 0 Å². The van der Waals surface area contributed by atoms with Gasteiger partial charge in [-0.15, -0.1) is 0 Å². The summed E-state index contributed by atoms with van der Waals surface area (Å²) in [4.78, 5) is 15.8. The Morgan fingerprint density at radius 2 is 2.15 bits per heavy atom. The second-order valence-corrected chi connectivity index (χ2v) is 6.32. The molecule has 1 heterocycles. The smallest absolute Gasteiger partial charge is 0.252 e. The Kier molecular flexibility index (Phi) is 6.18. The molecule has 0 aliphatic carbocycles. The van der Waals surface area contributed by atoms with E-state index < -0.39 is 15.9 Å². The van der Waals surface area contributed by atoms with Gasteiger partial charge in [0.05, 0.1) is 16.3 Å². The molecule has 9 heteroatoms. The van der Waals surface area contributed by atoms with Crippen LogP contribution in [0.5, 0.6) is 0 Å². The van der Waals surface area contributed by atoms with Gasteiger partial charge in [0.15, 0.2) is 0 Å². The minimum Gasteiger partial charge on any atom is -0.369 e. The topological polar surface area (TPSA) is 100 Å². The van der Waals surface area contributed by atoms with Crippen molar-refractivity contribution in [2.45, 2.75) is 6.92 Å². The quantitative estimate of drug-likeness (QED) is 0.677. The van der Waals surface area contributed by atoms with Crippen molar-refractivity contribution in [1.29, 1.82) is 0 Å². The van der Waals surface area contributed by atoms with Crippen molar-refractivity contribution in [3.05, 3.63) is 22.8 Å². The van der Waals surface area contributed by atoms with Gasteiger partial charge in [0.2, 0.25) is 10.0 Å². The molecule has 0 saturated carbocycles. The molecule has 0 aliphatic rings. The minimum atomic E-state index is -3.34. The number of nitrogens with zero attached hydrogens (tertiary/aromatic N) is 1. The lowest BCUT2D eigenvalue weighted by Gasteiger charge is -2.08. The highest BCUT2D eigenvalue weighted by Crippen LogP contribution is 2.19. The number of rotatable bonds is 7. The Morgan fingerprint density at radius 3 is 2.70 bits per heavy atom. The van der Waals surface area contributed by atoms with Crippen LogP contribution in [0.25, 0.3) is 0 Å². The van der Waals surface area contributed by atoms with E-state index in [2.05, 4.69) is 20.3 Å². The summed E-state index contributed by atoms with van der Waals surface area (Å²) in [5.41, 5.74) is 0.276. The van der Waals surface area contributed by atoms with E-state index in [0.717, 1.165) is 0 Å². The number of hydrogen-bond acceptors (Lipinski definition) is 5. The summed E-state index contributed by atoms with van der Waals surface area (Å²) >= 11 is 5.97. The molecule has 112 valence electrons. The van der Waals surface area contributed by atoms with Crippen molar-refractivity contribution in [2.75, 3.05) is 31.2 Å². The maximum Gasteiger partial charge on any atom is 0.252 e. The number of carbonyl (C=O) groups excluding carboxylic acids is 1. The summed E-state index contributed by atoms with van der Waals surface area (Å²) in [5.74, 6) is -0.108. The van der Waals surface area contributed by atoms with Crippen molar-refractivity contribution >= 4 is 33.3 Å². The molecule has 0 radical (unpaired) electrons. The van der Waals surface area contributed by atoms with Crippen LogP contribution in [-0.4, -0.2) is 45.2 Å². The van der Waals surface area contributed by atoms with Gasteiger partial charge in [-0.2, -0.15) is 0 Å². The number of amides is 1. The second kappa shape index (κ2) is 7.41. The molecule has 0 aromatic carbocycles. The number of pyridine rings is 1. The predicted octanol–water partition coefficient (Wildman–Crippen LogP) is 0.446. The normalized spacial score (nSPS) is 11.2. The first-order valence-electron chi connectivity index (χ1n) is 5.98. The van der Waals surface area contributed by atoms with Crippen molar-refractivity contribution in [3.63, 3.8) is 0 Å². The van der Waals surface area contributed by atoms with E-state index in [1.54, 1.807) is 0 Å². The standard InChI is InChI=1S/C11H17ClN4O3S/c1-3-14-10-9(12)6-8(7-16-10)11(17)15-4-5-20(18,19)13-2/h6-7,13H,3-5H2,1-2H3,(H,14,16)(H,15,17). The number of nitrogens with one attached hydrogen (secondary N) is 3. The third kappa shape index (κ3) is 4.95. The highest BCUT2D eigenvalue weighted by atomic mass is 35.5. The molecule has 0 bridgehead atoms. The fraction of sp³-hybridized carbons (Fsp3) is 0.455. The lowest BCUT2D eigenvalue weighted by atomic mass is 10.2. The van der Waals surface area contributed by atoms with E-state index in [4.69, 9.17) is 11.6 Å². The van der Waals surface area contributed by atoms with Crippen LogP contribution in [0.15, 0.2) is 12.3 Å². The first kappa shape index (κ1) is 16.7. The van der Waals surface area contributed by atoms with Crippen molar-refractivity contribution < 1.29 is 13.2 Å². The molecular weight excluding hydrogens is 304 g/mol. The number of aromatic nitrogens is 1. The molecule has 0 spiro atoms. The van der Waals surface area contributed by atoms with Crippen LogP contribution in [0.2, 0.25) is 5.02 Å². The van der Waals surface area contributed by atoms with Gasteiger partial charge < -0.3 is 10.6 Å². The van der Waals surface area contributed by atoms with Crippen LogP contribution in [0.4, 0.5) is 5.82 Å². The van der Waals surface area contributed by atoms with Gasteiger partial charge in [-0.25, -0.2) is 18.1 Å². The largest absolute Gasteiger partial charge is 0.369 e. The highest BCUT2D eigenvalue weighted by Gasteiger charge is 2.11. The molecule has 0 atom stereocenters. The van der Waals surface area contributed by atoms with Crippen LogP contribution in [0.3, 0.4) is 0 Å². The Hall–Kier alpha value is -1.38. The summed E-state index contributed by atoms with van der Waals surface area (Å²) in [6.45, 7) is 2.58. The Labute approximate surface area is 123 Å². The molecule has 7 nitrogen and oxygen atoms in total. The lowest BCUT2D eigenvalue weighted by Crippen LogP contribution is -2.33. The molecule has 0 fully saturated rings. The summed E-state index contributed by atoms with van der Waals surface area (Å²) in [7, 11) is -2.02. The average Bonchev–Trinajstić information content (AvgIpc) is 2.41. The van der Waals surface area contributed by atoms with Crippen LogP contribution in [0.1, 0.15) is 17.3 Å². The third-order valence-electron chi connectivity index (χ3n) is 2.41. The zero-order valence-electron chi connectivity index (χ0n) is 11.2. The minimum absolute atomic E-state index is 0.00852. The molecule has 0 saturated heterocycles. The molecule has 3 N–H and O–H groups in total. The molecule has 1 aromatic rings. The summed E-state index contributed by atoms with van der Waals surface area (Å²) in [6.07, 6.45) is 1.38. The monoisotopic (exact) mass is 320 g/mol. The Bertz CT molecular complexity index is 577. The molecule has 1 aromatic heterocycles. The van der Waals surface area contributed by atoms with Gasteiger partial charge in [-0.3, -0.25) is 4.79 Å². The van der Waals surface area contributed by atoms with E-state index in [1.165, 1.54) is 19.3 Å². The predicted molar refractivity (Wildman–Crippen MR) is 78.6 cm³/mol. The molecule has 1 rings (SSSR count). The van der Waals surface area contributed by atoms with E-state index in [-0.39, 0.29) is 17.9 Å². The van der Waals surface area contributed by atoms with Crippen LogP contribution in [-0.2, 0) is 10.0 Å². The number of carbonyl (C=O) groups is 1. The van der Waals surface area contributed by atoms with Gasteiger partial charge >= 0.3 is 0 Å². The maximum absolute atomic E-state index is 11.8. The van der Waals surface area contributed by atoms with Gasteiger partial charge in [-0.05, 0) is 20.0 Å². The maximum atomic E-state index is 11.8. The fourth-order valence-corrected chi connectivity index (χ4v) is 2.17. The number of anilines is 1. The van der Waals surface area contributed by atoms with E-state index >= 15 is 0 Å². The molecule has 20 heavy (non-hydrogen) atoms. The first-order valence-corrected chi connectivity index (χ1v) is 8.01. The van der Waals surface area contributed by atoms with Gasteiger partial charge in [-0.1, -0.05) is 11.6 Å². The average molecular weight is 321 g/mol. The number of halogens is 1. The first-order chi connectivity index (χ1) is 9.39. The van der Waals surface area contributed by atoms with Gasteiger partial charge in [0, 0.05) is 19.3 Å². The SMILES string of the molecule is CCNc1ncc(C(=O)NCCS(=O)(=O)NC)cc1Cl. The Morgan fingerprint density at radius 1 is 1.45 bits per heavy atom. The van der Waals surface area contributed by atoms with E-state index in [1.807, 2.05) is 6.92 Å². The van der Waals surface area contributed by atoms with Crippen LogP contribution in [0, 0.1) is 0 Å². The van der Waals surface area contributed by atoms with Gasteiger partial charge in [0.25, 0.3) is 5.91 Å². The van der Waals surface area contributed by atoms with Crippen molar-refractivity contribution in [3.8, 4) is 0 Å². The third-order valence-corrected chi connectivity index (χ3v) is 4.07. The van der Waals surface area contributed by atoms with E-state index in [0.29, 0.717) is 17.4 Å². The zero-order valence-corrected chi connectivity index (χ0v) is 12.8. The molecular formula is C11H17ClN4O3S. The summed E-state index contributed by atoms with van der Waals surface area (Å²) < 4.78 is 24.5. The molecule has 1 amide bonds. The fourth-order valence-electron chi connectivity index (χ4n) is 1.36. The summed E-state index contributed by atoms with van der Waals surface area (Å²) in [6, 6.07) is 1.48. The second-order valence-electron chi connectivity index (χ2n) is 3.86. The van der Waals surface area contributed by atoms with E-state index in [9.17, 15) is 13.2 Å². The highest BCUT2D eigenvalue weighted by molar-refractivity contribution is 7.89. The summed E-state index contributed by atoms with van der Waals surface area (Å²) in [5, 5.41) is 5.78. The molecule has 0 aliphatic heterocycles. The number of hydrogen-bond donors (Lipinski definition) is 3. The van der Waals surface area contributed by atoms with Crippen LogP contribution >= 0.6 is 11.6 Å².